The molecule has 0 saturated carbocycles. The van der Waals surface area contributed by atoms with E-state index in [0.29, 0.717) is 0 Å². The van der Waals surface area contributed by atoms with Crippen LogP contribution in [0.15, 0.2) is 23.9 Å². The van der Waals surface area contributed by atoms with Crippen LogP contribution in [-0.4, -0.2) is 6.54 Å². The summed E-state index contributed by atoms with van der Waals surface area (Å²) in [6, 6.07) is 0. The molecule has 0 amide bonds. The van der Waals surface area contributed by atoms with E-state index in [1.165, 1.54) is 5.57 Å². The molecule has 1 N–H and O–H groups in total. The number of dihydropyridines is 1. The molecule has 9 heavy (non-hydrogen) atoms. The minimum Gasteiger partial charge on any atom is -0.387 e. The van der Waals surface area contributed by atoms with Crippen LogP contribution in [0.3, 0.4) is 0 Å². The van der Waals surface area contributed by atoms with Crippen molar-refractivity contribution >= 4 is 0 Å². The molecule has 1 aliphatic rings. The van der Waals surface area contributed by atoms with Gasteiger partial charge in [0.25, 0.3) is 0 Å². The molecular weight excluding hydrogens is 110 g/mol. The highest BCUT2D eigenvalue weighted by Gasteiger charge is 1.84. The zero-order chi connectivity index (χ0) is 7.11. The number of rotatable bonds is 0. The van der Waals surface area contributed by atoms with Crippen LogP contribution in [0.4, 0.5) is 0 Å². The van der Waals surface area contributed by atoms with Crippen molar-refractivity contribution in [2.45, 2.75) is 20.8 Å². The van der Waals surface area contributed by atoms with Crippen LogP contribution in [0, 0.1) is 0 Å². The highest BCUT2D eigenvalue weighted by atomic mass is 14.8. The third kappa shape index (κ3) is 3.83. The number of nitrogens with one attached hydrogen (secondary N) is 1. The first kappa shape index (κ1) is 8.28. The molecule has 0 radical (unpaired) electrons. The summed E-state index contributed by atoms with van der Waals surface area (Å²) in [7, 11) is 0. The Morgan fingerprint density at radius 2 is 2.11 bits per heavy atom. The topological polar surface area (TPSA) is 12.0 Å². The van der Waals surface area contributed by atoms with Gasteiger partial charge in [-0.25, -0.2) is 0 Å². The summed E-state index contributed by atoms with van der Waals surface area (Å²) in [6.45, 7) is 7.06. The molecule has 0 aliphatic carbocycles. The van der Waals surface area contributed by atoms with Crippen molar-refractivity contribution in [2.24, 2.45) is 0 Å². The third-order valence-electron chi connectivity index (χ3n) is 0.946. The average molecular weight is 125 g/mol. The van der Waals surface area contributed by atoms with Crippen molar-refractivity contribution in [3.8, 4) is 0 Å². The summed E-state index contributed by atoms with van der Waals surface area (Å²) in [4.78, 5) is 0. The van der Waals surface area contributed by atoms with Crippen molar-refractivity contribution in [3.05, 3.63) is 23.9 Å². The Hall–Kier alpha value is -0.720. The van der Waals surface area contributed by atoms with Gasteiger partial charge in [0, 0.05) is 6.54 Å². The first-order valence-electron chi connectivity index (χ1n) is 3.46. The van der Waals surface area contributed by atoms with Crippen molar-refractivity contribution in [1.82, 2.24) is 5.32 Å². The van der Waals surface area contributed by atoms with E-state index >= 15 is 0 Å². The van der Waals surface area contributed by atoms with Gasteiger partial charge in [-0.15, -0.1) is 0 Å². The summed E-state index contributed by atoms with van der Waals surface area (Å²) in [5, 5.41) is 3.09. The van der Waals surface area contributed by atoms with Crippen LogP contribution < -0.4 is 5.32 Å². The standard InChI is InChI=1S/C6H9N.C2H6/c1-6-3-2-4-7-5-6;1-2/h2-3,5,7H,4H2,1H3;1-2H3. The molecule has 0 aromatic heterocycles. The SMILES string of the molecule is CC.CC1=CNCC=C1. The molecule has 0 fully saturated rings. The Morgan fingerprint density at radius 3 is 2.33 bits per heavy atom. The molecule has 0 bridgehead atoms. The third-order valence-corrected chi connectivity index (χ3v) is 0.946. The minimum atomic E-state index is 0.983. The maximum Gasteiger partial charge on any atom is 0.0328 e. The van der Waals surface area contributed by atoms with Crippen LogP contribution >= 0.6 is 0 Å². The maximum absolute atomic E-state index is 3.09. The van der Waals surface area contributed by atoms with Crippen molar-refractivity contribution in [3.63, 3.8) is 0 Å². The highest BCUT2D eigenvalue weighted by molar-refractivity contribution is 5.18. The molecule has 1 aliphatic heterocycles. The van der Waals surface area contributed by atoms with E-state index in [2.05, 4.69) is 24.4 Å². The number of allylic oxidation sites excluding steroid dienone is 2. The molecule has 1 rings (SSSR count). The van der Waals surface area contributed by atoms with Crippen LogP contribution in [0.2, 0.25) is 0 Å². The lowest BCUT2D eigenvalue weighted by atomic mass is 10.2. The lowest BCUT2D eigenvalue weighted by Gasteiger charge is -2.00. The zero-order valence-corrected chi connectivity index (χ0v) is 6.44. The Bertz CT molecular complexity index is 112. The number of hydrogen-bond donors (Lipinski definition) is 1. The van der Waals surface area contributed by atoms with Gasteiger partial charge in [0.2, 0.25) is 0 Å². The van der Waals surface area contributed by atoms with Crippen molar-refractivity contribution < 1.29 is 0 Å². The molecule has 0 saturated heterocycles. The van der Waals surface area contributed by atoms with E-state index in [-0.39, 0.29) is 0 Å². The Balaban J connectivity index is 0.000000291. The van der Waals surface area contributed by atoms with Gasteiger partial charge in [0.15, 0.2) is 0 Å². The average Bonchev–Trinajstić information content (AvgIpc) is 1.94. The number of hydrogen-bond acceptors (Lipinski definition) is 1. The van der Waals surface area contributed by atoms with Crippen LogP contribution in [0.1, 0.15) is 20.8 Å². The molecular formula is C8H15N. The Labute approximate surface area is 57.5 Å². The van der Waals surface area contributed by atoms with Gasteiger partial charge in [-0.3, -0.25) is 0 Å². The fourth-order valence-corrected chi connectivity index (χ4v) is 0.581. The largest absolute Gasteiger partial charge is 0.387 e. The summed E-state index contributed by atoms with van der Waals surface area (Å²) < 4.78 is 0. The summed E-state index contributed by atoms with van der Waals surface area (Å²) in [5.74, 6) is 0. The summed E-state index contributed by atoms with van der Waals surface area (Å²) in [6.07, 6.45) is 6.23. The normalized spacial score (nSPS) is 14.8. The second kappa shape index (κ2) is 5.42. The van der Waals surface area contributed by atoms with E-state index in [4.69, 9.17) is 0 Å². The molecule has 1 heterocycles. The maximum atomic E-state index is 3.09. The lowest BCUT2D eigenvalue weighted by Crippen LogP contribution is -2.07. The molecule has 0 aromatic carbocycles. The van der Waals surface area contributed by atoms with Crippen LogP contribution in [0.5, 0.6) is 0 Å². The van der Waals surface area contributed by atoms with Gasteiger partial charge in [0.1, 0.15) is 0 Å². The molecule has 0 unspecified atom stereocenters. The van der Waals surface area contributed by atoms with Gasteiger partial charge in [-0.2, -0.15) is 0 Å². The van der Waals surface area contributed by atoms with Gasteiger partial charge < -0.3 is 5.32 Å². The minimum absolute atomic E-state index is 0.983. The summed E-state index contributed by atoms with van der Waals surface area (Å²) in [5.41, 5.74) is 1.30. The molecule has 0 aromatic rings. The second-order valence-corrected chi connectivity index (χ2v) is 1.70. The first-order chi connectivity index (χ1) is 4.39. The quantitative estimate of drug-likeness (QED) is 0.522. The first-order valence-corrected chi connectivity index (χ1v) is 3.46. The fraction of sp³-hybridized carbons (Fsp3) is 0.500. The van der Waals surface area contributed by atoms with Crippen molar-refractivity contribution in [2.75, 3.05) is 6.54 Å². The van der Waals surface area contributed by atoms with E-state index < -0.39 is 0 Å². The predicted octanol–water partition coefficient (Wildman–Crippen LogP) is 2.08. The Morgan fingerprint density at radius 1 is 1.44 bits per heavy atom. The highest BCUT2D eigenvalue weighted by Crippen LogP contribution is 1.94. The van der Waals surface area contributed by atoms with Gasteiger partial charge >= 0.3 is 0 Å². The zero-order valence-electron chi connectivity index (χ0n) is 6.44. The smallest absolute Gasteiger partial charge is 0.0328 e. The van der Waals surface area contributed by atoms with Crippen LogP contribution in [0.25, 0.3) is 0 Å². The second-order valence-electron chi connectivity index (χ2n) is 1.70. The van der Waals surface area contributed by atoms with E-state index in [9.17, 15) is 0 Å². The van der Waals surface area contributed by atoms with Gasteiger partial charge in [-0.1, -0.05) is 26.0 Å². The van der Waals surface area contributed by atoms with Crippen molar-refractivity contribution in [1.29, 1.82) is 0 Å². The fourth-order valence-electron chi connectivity index (χ4n) is 0.581. The van der Waals surface area contributed by atoms with Crippen LogP contribution in [-0.2, 0) is 0 Å². The van der Waals surface area contributed by atoms with E-state index in [1.54, 1.807) is 0 Å². The van der Waals surface area contributed by atoms with Gasteiger partial charge in [0.05, 0.1) is 0 Å². The molecule has 1 nitrogen and oxygen atoms in total. The van der Waals surface area contributed by atoms with Gasteiger partial charge in [-0.05, 0) is 18.7 Å². The molecule has 1 heteroatoms. The van der Waals surface area contributed by atoms with E-state index in [0.717, 1.165) is 6.54 Å². The molecule has 52 valence electrons. The Kier molecular flexibility index (Phi) is 4.98. The summed E-state index contributed by atoms with van der Waals surface area (Å²) >= 11 is 0. The predicted molar refractivity (Wildman–Crippen MR) is 42.2 cm³/mol. The lowest BCUT2D eigenvalue weighted by molar-refractivity contribution is 0.955. The molecule has 0 atom stereocenters. The molecule has 0 spiro atoms. The van der Waals surface area contributed by atoms with E-state index in [1.807, 2.05) is 20.0 Å². The monoisotopic (exact) mass is 125 g/mol.